The number of nitrogens with zero attached hydrogens (tertiary/aromatic N) is 1. The second-order valence-corrected chi connectivity index (χ2v) is 5.79. The van der Waals surface area contributed by atoms with Crippen molar-refractivity contribution in [1.82, 2.24) is 4.31 Å². The van der Waals surface area contributed by atoms with Crippen LogP contribution >= 0.6 is 10.7 Å². The fraction of sp³-hybridized carbons (Fsp3) is 0.222. The first-order chi connectivity index (χ1) is 7.39. The molecule has 0 saturated carbocycles. The van der Waals surface area contributed by atoms with E-state index in [-0.39, 0.29) is 6.42 Å². The molecule has 1 aliphatic rings. The quantitative estimate of drug-likeness (QED) is 0.601. The summed E-state index contributed by atoms with van der Waals surface area (Å²) >= 11 is 0. The van der Waals surface area contributed by atoms with Crippen molar-refractivity contribution in [2.45, 2.75) is 12.5 Å². The third-order valence-electron chi connectivity index (χ3n) is 2.37. The number of halogens is 2. The highest BCUT2D eigenvalue weighted by atomic mass is 35.7. The van der Waals surface area contributed by atoms with Gasteiger partial charge in [-0.05, 0) is 17.7 Å². The van der Waals surface area contributed by atoms with Gasteiger partial charge >= 0.3 is 9.24 Å². The molecule has 1 aromatic carbocycles. The highest BCUT2D eigenvalue weighted by molar-refractivity contribution is 8.12. The molecule has 0 radical (unpaired) electrons. The maximum absolute atomic E-state index is 12.9. The molecule has 0 bridgehead atoms. The number of hydrogen-bond acceptors (Lipinski definition) is 3. The molecule has 1 heterocycles. The van der Waals surface area contributed by atoms with Crippen molar-refractivity contribution in [1.29, 1.82) is 0 Å². The van der Waals surface area contributed by atoms with Crippen molar-refractivity contribution in [2.75, 3.05) is 0 Å². The summed E-state index contributed by atoms with van der Waals surface area (Å²) < 4.78 is 35.6. The lowest BCUT2D eigenvalue weighted by Crippen LogP contribution is -2.47. The summed E-state index contributed by atoms with van der Waals surface area (Å²) in [5.41, 5.74) is 0.420. The third kappa shape index (κ3) is 1.90. The molecule has 86 valence electrons. The minimum absolute atomic E-state index is 0.0232. The highest BCUT2D eigenvalue weighted by Gasteiger charge is 2.44. The van der Waals surface area contributed by atoms with Crippen LogP contribution in [-0.4, -0.2) is 18.6 Å². The van der Waals surface area contributed by atoms with Gasteiger partial charge < -0.3 is 0 Å². The largest absolute Gasteiger partial charge is 0.324 e. The Morgan fingerprint density at radius 1 is 1.44 bits per heavy atom. The van der Waals surface area contributed by atoms with Crippen LogP contribution in [0.2, 0.25) is 0 Å². The van der Waals surface area contributed by atoms with E-state index in [1.807, 2.05) is 0 Å². The number of β-lactam (4-membered cyclic amide) rings is 1. The van der Waals surface area contributed by atoms with Crippen LogP contribution in [0.3, 0.4) is 0 Å². The van der Waals surface area contributed by atoms with E-state index in [1.54, 1.807) is 6.07 Å². The van der Waals surface area contributed by atoms with Crippen LogP contribution in [0.1, 0.15) is 18.0 Å². The van der Waals surface area contributed by atoms with Crippen LogP contribution in [0, 0.1) is 5.82 Å². The Morgan fingerprint density at radius 3 is 2.62 bits per heavy atom. The summed E-state index contributed by atoms with van der Waals surface area (Å²) in [6.45, 7) is 0. The Morgan fingerprint density at radius 2 is 2.12 bits per heavy atom. The van der Waals surface area contributed by atoms with Crippen LogP contribution in [0.4, 0.5) is 4.39 Å². The topological polar surface area (TPSA) is 54.5 Å². The average molecular weight is 264 g/mol. The molecule has 1 fully saturated rings. The summed E-state index contributed by atoms with van der Waals surface area (Å²) in [7, 11) is 1.01. The third-order valence-corrected chi connectivity index (χ3v) is 3.74. The van der Waals surface area contributed by atoms with E-state index in [1.165, 1.54) is 18.2 Å². The first-order valence-electron chi connectivity index (χ1n) is 4.42. The predicted octanol–water partition coefficient (Wildman–Crippen LogP) is 1.58. The molecule has 1 saturated heterocycles. The maximum Gasteiger partial charge on any atom is 0.324 e. The molecule has 1 amide bonds. The van der Waals surface area contributed by atoms with E-state index in [9.17, 15) is 17.6 Å². The Bertz CT molecular complexity index is 545. The van der Waals surface area contributed by atoms with Crippen LogP contribution in [0.5, 0.6) is 0 Å². The second kappa shape index (κ2) is 3.71. The van der Waals surface area contributed by atoms with E-state index in [0.29, 0.717) is 9.87 Å². The Labute approximate surface area is 96.2 Å². The van der Waals surface area contributed by atoms with Crippen molar-refractivity contribution < 1.29 is 17.6 Å². The molecule has 2 rings (SSSR count). The lowest BCUT2D eigenvalue weighted by molar-refractivity contribution is -0.137. The first-order valence-corrected chi connectivity index (χ1v) is 6.68. The number of amides is 1. The molecule has 1 atom stereocenters. The van der Waals surface area contributed by atoms with E-state index in [0.717, 1.165) is 0 Å². The van der Waals surface area contributed by atoms with Crippen molar-refractivity contribution >= 4 is 25.8 Å². The van der Waals surface area contributed by atoms with Gasteiger partial charge in [-0.1, -0.05) is 12.1 Å². The van der Waals surface area contributed by atoms with Crippen molar-refractivity contribution in [2.24, 2.45) is 0 Å². The molecule has 1 aromatic rings. The highest BCUT2D eigenvalue weighted by Crippen LogP contribution is 2.38. The van der Waals surface area contributed by atoms with Gasteiger partial charge in [0.1, 0.15) is 5.82 Å². The van der Waals surface area contributed by atoms with Crippen molar-refractivity contribution in [3.8, 4) is 0 Å². The zero-order valence-corrected chi connectivity index (χ0v) is 9.50. The average Bonchev–Trinajstić information content (AvgIpc) is 2.11. The second-order valence-electron chi connectivity index (χ2n) is 3.41. The molecule has 0 aromatic heterocycles. The summed E-state index contributed by atoms with van der Waals surface area (Å²) in [6, 6.07) is 4.74. The molecule has 0 spiro atoms. The van der Waals surface area contributed by atoms with Gasteiger partial charge in [0.2, 0.25) is 5.91 Å². The number of rotatable bonds is 2. The normalized spacial score (nSPS) is 20.8. The van der Waals surface area contributed by atoms with Gasteiger partial charge in [0.05, 0.1) is 12.5 Å². The molecule has 16 heavy (non-hydrogen) atoms. The maximum atomic E-state index is 12.9. The molecular formula is C9H7ClFNO3S. The number of benzene rings is 1. The minimum atomic E-state index is -4.09. The van der Waals surface area contributed by atoms with Gasteiger partial charge in [-0.3, -0.25) is 4.79 Å². The molecular weight excluding hydrogens is 257 g/mol. The fourth-order valence-electron chi connectivity index (χ4n) is 1.64. The molecule has 7 heteroatoms. The van der Waals surface area contributed by atoms with Gasteiger partial charge in [-0.25, -0.2) is 8.70 Å². The molecule has 4 nitrogen and oxygen atoms in total. The zero-order valence-electron chi connectivity index (χ0n) is 7.93. The summed E-state index contributed by atoms with van der Waals surface area (Å²) in [4.78, 5) is 11.1. The van der Waals surface area contributed by atoms with Crippen LogP contribution in [0.15, 0.2) is 24.3 Å². The van der Waals surface area contributed by atoms with Crippen LogP contribution < -0.4 is 0 Å². The van der Waals surface area contributed by atoms with Gasteiger partial charge in [-0.15, -0.1) is 0 Å². The first kappa shape index (κ1) is 11.3. The lowest BCUT2D eigenvalue weighted by atomic mass is 9.97. The van der Waals surface area contributed by atoms with Crippen molar-refractivity contribution in [3.63, 3.8) is 0 Å². The summed E-state index contributed by atoms with van der Waals surface area (Å²) in [5, 5.41) is 0. The van der Waals surface area contributed by atoms with Crippen molar-refractivity contribution in [3.05, 3.63) is 35.6 Å². The number of carbonyl (C=O) groups excluding carboxylic acids is 1. The van der Waals surface area contributed by atoms with Crippen LogP contribution in [0.25, 0.3) is 0 Å². The molecule has 0 aliphatic carbocycles. The van der Waals surface area contributed by atoms with E-state index in [4.69, 9.17) is 10.7 Å². The van der Waals surface area contributed by atoms with E-state index < -0.39 is 27.0 Å². The van der Waals surface area contributed by atoms with Gasteiger partial charge in [-0.2, -0.15) is 8.42 Å². The number of carbonyl (C=O) groups is 1. The molecule has 1 aliphatic heterocycles. The number of hydrogen-bond donors (Lipinski definition) is 0. The van der Waals surface area contributed by atoms with Gasteiger partial charge in [0.15, 0.2) is 0 Å². The van der Waals surface area contributed by atoms with Gasteiger partial charge in [0, 0.05) is 10.7 Å². The Hall–Kier alpha value is -1.14. The van der Waals surface area contributed by atoms with Crippen LogP contribution in [-0.2, 0) is 14.0 Å². The minimum Gasteiger partial charge on any atom is -0.274 e. The fourth-order valence-corrected chi connectivity index (χ4v) is 2.98. The summed E-state index contributed by atoms with van der Waals surface area (Å²) in [6.07, 6.45) is 0.0232. The standard InChI is InChI=1S/C9H7ClFNO3S/c10-16(14,15)12-8(5-9(12)13)6-2-1-3-7(11)4-6/h1-4,8H,5H2. The molecule has 1 unspecified atom stereocenters. The van der Waals surface area contributed by atoms with Gasteiger partial charge in [0.25, 0.3) is 0 Å². The zero-order chi connectivity index (χ0) is 11.9. The summed E-state index contributed by atoms with van der Waals surface area (Å²) in [5.74, 6) is -1.06. The Balaban J connectivity index is 2.34. The predicted molar refractivity (Wildman–Crippen MR) is 55.4 cm³/mol. The smallest absolute Gasteiger partial charge is 0.274 e. The molecule has 0 N–H and O–H groups in total. The van der Waals surface area contributed by atoms with E-state index in [2.05, 4.69) is 0 Å². The SMILES string of the molecule is O=C1CC(c2cccc(F)c2)N1S(=O)(=O)Cl. The monoisotopic (exact) mass is 263 g/mol. The lowest BCUT2D eigenvalue weighted by Gasteiger charge is -2.37. The Kier molecular flexibility index (Phi) is 2.63. The van der Waals surface area contributed by atoms with E-state index >= 15 is 0 Å².